The molecule has 1 aliphatic heterocycles. The van der Waals surface area contributed by atoms with Crippen molar-refractivity contribution in [3.8, 4) is 0 Å². The average molecular weight is 350 g/mol. The molecule has 0 radical (unpaired) electrons. The minimum Gasteiger partial charge on any atom is -0.300 e. The molecule has 1 N–H and O–H groups in total. The zero-order valence-corrected chi connectivity index (χ0v) is 15.8. The molecule has 1 fully saturated rings. The molecule has 128 valence electrons. The highest BCUT2D eigenvalue weighted by Crippen LogP contribution is 2.30. The molecular formula is C21H22N2OS. The second-order valence-electron chi connectivity index (χ2n) is 6.54. The largest absolute Gasteiger partial charge is 0.300 e. The Morgan fingerprint density at radius 2 is 1.68 bits per heavy atom. The summed E-state index contributed by atoms with van der Waals surface area (Å²) in [7, 11) is 0. The summed E-state index contributed by atoms with van der Waals surface area (Å²) >= 11 is 1.39. The van der Waals surface area contributed by atoms with Crippen LogP contribution in [0.2, 0.25) is 0 Å². The summed E-state index contributed by atoms with van der Waals surface area (Å²) < 4.78 is 0. The van der Waals surface area contributed by atoms with Crippen molar-refractivity contribution >= 4 is 34.6 Å². The molecule has 1 aliphatic rings. The first-order chi connectivity index (χ1) is 11.9. The number of carbonyl (C=O) groups excluding carboxylic acids is 1. The predicted molar refractivity (Wildman–Crippen MR) is 107 cm³/mol. The maximum absolute atomic E-state index is 12.2. The van der Waals surface area contributed by atoms with Gasteiger partial charge in [-0.05, 0) is 59.9 Å². The van der Waals surface area contributed by atoms with Crippen molar-refractivity contribution in [3.63, 3.8) is 0 Å². The zero-order valence-electron chi connectivity index (χ0n) is 15.0. The van der Waals surface area contributed by atoms with Crippen molar-refractivity contribution in [2.45, 2.75) is 33.6 Å². The molecular weight excluding hydrogens is 328 g/mol. The zero-order chi connectivity index (χ0) is 18.0. The number of nitrogens with one attached hydrogen (secondary N) is 1. The second kappa shape index (κ2) is 7.28. The van der Waals surface area contributed by atoms with Crippen LogP contribution in [0.1, 0.15) is 42.0 Å². The Morgan fingerprint density at radius 1 is 1.04 bits per heavy atom. The van der Waals surface area contributed by atoms with Gasteiger partial charge in [-0.1, -0.05) is 56.3 Å². The molecule has 3 nitrogen and oxygen atoms in total. The van der Waals surface area contributed by atoms with Gasteiger partial charge in [0.1, 0.15) is 0 Å². The number of hydrogen-bond donors (Lipinski definition) is 1. The number of para-hydroxylation sites is 1. The van der Waals surface area contributed by atoms with Gasteiger partial charge < -0.3 is 5.32 Å². The Bertz CT molecular complexity index is 844. The Balaban J connectivity index is 1.84. The molecule has 0 saturated carbocycles. The number of rotatable bonds is 3. The number of hydrogen-bond acceptors (Lipinski definition) is 3. The first-order valence-electron chi connectivity index (χ1n) is 8.40. The SMILES string of the molecule is Cc1cccc(C)c1N=C1NC(=O)/C(=C/c2ccc(C(C)C)cc2)S1. The molecule has 0 aliphatic carbocycles. The van der Waals surface area contributed by atoms with E-state index in [4.69, 9.17) is 0 Å². The third-order valence-corrected chi connectivity index (χ3v) is 5.11. The van der Waals surface area contributed by atoms with Crippen molar-refractivity contribution in [2.75, 3.05) is 0 Å². The van der Waals surface area contributed by atoms with Crippen LogP contribution in [0.25, 0.3) is 6.08 Å². The second-order valence-corrected chi connectivity index (χ2v) is 7.57. The average Bonchev–Trinajstić information content (AvgIpc) is 2.91. The number of aliphatic imine (C=N–C) groups is 1. The molecule has 0 unspecified atom stereocenters. The Hall–Kier alpha value is -2.33. The molecule has 1 amide bonds. The third-order valence-electron chi connectivity index (χ3n) is 4.20. The van der Waals surface area contributed by atoms with E-state index in [2.05, 4.69) is 48.4 Å². The Kier molecular flexibility index (Phi) is 5.09. The summed E-state index contributed by atoms with van der Waals surface area (Å²) in [5, 5.41) is 3.49. The quantitative estimate of drug-likeness (QED) is 0.761. The van der Waals surface area contributed by atoms with E-state index in [1.807, 2.05) is 38.1 Å². The van der Waals surface area contributed by atoms with Crippen LogP contribution in [0.15, 0.2) is 52.4 Å². The minimum atomic E-state index is -0.0945. The normalized spacial score (nSPS) is 17.6. The Morgan fingerprint density at radius 3 is 2.28 bits per heavy atom. The van der Waals surface area contributed by atoms with Crippen molar-refractivity contribution in [1.29, 1.82) is 0 Å². The lowest BCUT2D eigenvalue weighted by atomic mass is 10.0. The lowest BCUT2D eigenvalue weighted by molar-refractivity contribution is -0.115. The van der Waals surface area contributed by atoms with Gasteiger partial charge >= 0.3 is 0 Å². The third kappa shape index (κ3) is 4.02. The maximum Gasteiger partial charge on any atom is 0.264 e. The monoisotopic (exact) mass is 350 g/mol. The number of carbonyl (C=O) groups is 1. The van der Waals surface area contributed by atoms with Crippen LogP contribution in [0, 0.1) is 13.8 Å². The lowest BCUT2D eigenvalue weighted by Gasteiger charge is -2.05. The fourth-order valence-corrected chi connectivity index (χ4v) is 3.52. The molecule has 1 saturated heterocycles. The van der Waals surface area contributed by atoms with E-state index >= 15 is 0 Å². The van der Waals surface area contributed by atoms with Crippen LogP contribution in [-0.4, -0.2) is 11.1 Å². The number of benzene rings is 2. The molecule has 4 heteroatoms. The molecule has 0 bridgehead atoms. The van der Waals surface area contributed by atoms with Crippen molar-refractivity contribution in [2.24, 2.45) is 4.99 Å². The van der Waals surface area contributed by atoms with Gasteiger partial charge in [-0.15, -0.1) is 0 Å². The van der Waals surface area contributed by atoms with E-state index in [0.717, 1.165) is 22.4 Å². The van der Waals surface area contributed by atoms with Crippen LogP contribution < -0.4 is 5.32 Å². The first kappa shape index (κ1) is 17.5. The fraction of sp³-hybridized carbons (Fsp3) is 0.238. The van der Waals surface area contributed by atoms with Crippen LogP contribution in [0.4, 0.5) is 5.69 Å². The molecule has 2 aromatic carbocycles. The van der Waals surface area contributed by atoms with E-state index in [0.29, 0.717) is 16.0 Å². The van der Waals surface area contributed by atoms with E-state index in [1.54, 1.807) is 0 Å². The van der Waals surface area contributed by atoms with Gasteiger partial charge in [-0.25, -0.2) is 4.99 Å². The van der Waals surface area contributed by atoms with E-state index in [1.165, 1.54) is 17.3 Å². The molecule has 3 rings (SSSR count). The van der Waals surface area contributed by atoms with E-state index in [9.17, 15) is 4.79 Å². The summed E-state index contributed by atoms with van der Waals surface area (Å²) in [6.07, 6.45) is 1.91. The smallest absolute Gasteiger partial charge is 0.264 e. The van der Waals surface area contributed by atoms with Crippen molar-refractivity contribution in [1.82, 2.24) is 5.32 Å². The van der Waals surface area contributed by atoms with Crippen LogP contribution >= 0.6 is 11.8 Å². The Labute approximate surface area is 153 Å². The van der Waals surface area contributed by atoms with Crippen molar-refractivity contribution in [3.05, 3.63) is 69.6 Å². The summed E-state index contributed by atoms with van der Waals surface area (Å²) in [6, 6.07) is 14.4. The van der Waals surface area contributed by atoms with Crippen molar-refractivity contribution < 1.29 is 4.79 Å². The van der Waals surface area contributed by atoms with Gasteiger partial charge in [0.05, 0.1) is 10.6 Å². The topological polar surface area (TPSA) is 41.5 Å². The molecule has 0 spiro atoms. The van der Waals surface area contributed by atoms with Gasteiger partial charge in [0.2, 0.25) is 0 Å². The van der Waals surface area contributed by atoms with E-state index < -0.39 is 0 Å². The number of amides is 1. The molecule has 0 aromatic heterocycles. The standard InChI is InChI=1S/C21H22N2OS/c1-13(2)17-10-8-16(9-11-17)12-18-20(24)23-21(25-18)22-19-14(3)6-5-7-15(19)4/h5-13H,1-4H3,(H,22,23,24)/b18-12-. The number of aryl methyl sites for hydroxylation is 2. The van der Waals surface area contributed by atoms with Crippen LogP contribution in [0.3, 0.4) is 0 Å². The summed E-state index contributed by atoms with van der Waals surface area (Å²) in [5.41, 5.74) is 5.44. The van der Waals surface area contributed by atoms with E-state index in [-0.39, 0.29) is 5.91 Å². The summed E-state index contributed by atoms with van der Waals surface area (Å²) in [5.74, 6) is 0.407. The van der Waals surface area contributed by atoms with Gasteiger partial charge in [0, 0.05) is 0 Å². The highest BCUT2D eigenvalue weighted by atomic mass is 32.2. The highest BCUT2D eigenvalue weighted by Gasteiger charge is 2.24. The predicted octanol–water partition coefficient (Wildman–Crippen LogP) is 5.32. The molecule has 1 heterocycles. The van der Waals surface area contributed by atoms with Crippen LogP contribution in [-0.2, 0) is 4.79 Å². The molecule has 0 atom stereocenters. The lowest BCUT2D eigenvalue weighted by Crippen LogP contribution is -2.19. The maximum atomic E-state index is 12.2. The fourth-order valence-electron chi connectivity index (χ4n) is 2.69. The number of nitrogens with zero attached hydrogens (tertiary/aromatic N) is 1. The van der Waals surface area contributed by atoms with Gasteiger partial charge in [-0.3, -0.25) is 4.79 Å². The summed E-state index contributed by atoms with van der Waals surface area (Å²) in [6.45, 7) is 8.40. The van der Waals surface area contributed by atoms with Gasteiger partial charge in [0.15, 0.2) is 5.17 Å². The number of thioether (sulfide) groups is 1. The summed E-state index contributed by atoms with van der Waals surface area (Å²) in [4.78, 5) is 17.6. The van der Waals surface area contributed by atoms with Gasteiger partial charge in [-0.2, -0.15) is 0 Å². The molecule has 25 heavy (non-hydrogen) atoms. The first-order valence-corrected chi connectivity index (χ1v) is 9.21. The minimum absolute atomic E-state index is 0.0945. The highest BCUT2D eigenvalue weighted by molar-refractivity contribution is 8.18. The molecule has 2 aromatic rings. The van der Waals surface area contributed by atoms with Gasteiger partial charge in [0.25, 0.3) is 5.91 Å². The van der Waals surface area contributed by atoms with Crippen LogP contribution in [0.5, 0.6) is 0 Å². The number of amidine groups is 1.